The third-order valence-electron chi connectivity index (χ3n) is 12.7. The molecule has 35 heavy (non-hydrogen) atoms. The highest BCUT2D eigenvalue weighted by molar-refractivity contribution is 5.96. The zero-order valence-electron chi connectivity index (χ0n) is 23.3. The van der Waals surface area contributed by atoms with Crippen molar-refractivity contribution >= 4 is 17.5 Å². The van der Waals surface area contributed by atoms with Gasteiger partial charge in [-0.2, -0.15) is 0 Å². The van der Waals surface area contributed by atoms with Gasteiger partial charge in [-0.05, 0) is 90.9 Å². The molecule has 0 aromatic rings. The van der Waals surface area contributed by atoms with E-state index in [9.17, 15) is 14.4 Å². The molecule has 0 aliphatic heterocycles. The molecule has 3 unspecified atom stereocenters. The smallest absolute Gasteiger partial charge is 0.312 e. The number of hydrogen-bond acceptors (Lipinski definition) is 4. The monoisotopic (exact) mass is 482 g/mol. The van der Waals surface area contributed by atoms with Crippen LogP contribution in [0.25, 0.3) is 0 Å². The van der Waals surface area contributed by atoms with E-state index in [1.165, 1.54) is 12.7 Å². The van der Waals surface area contributed by atoms with Crippen LogP contribution in [0.1, 0.15) is 106 Å². The number of ketones is 2. The van der Waals surface area contributed by atoms with Crippen molar-refractivity contribution in [2.45, 2.75) is 106 Å². The van der Waals surface area contributed by atoms with Crippen LogP contribution in [0.4, 0.5) is 0 Å². The number of allylic oxidation sites excluding steroid dienone is 2. The normalized spacial score (nSPS) is 48.0. The largest absolute Gasteiger partial charge is 0.469 e. The highest BCUT2D eigenvalue weighted by atomic mass is 16.5. The lowest BCUT2D eigenvalue weighted by Gasteiger charge is -2.69. The van der Waals surface area contributed by atoms with E-state index in [-0.39, 0.29) is 56.6 Å². The quantitative estimate of drug-likeness (QED) is 0.390. The Labute approximate surface area is 212 Å². The molecule has 0 N–H and O–H groups in total. The van der Waals surface area contributed by atoms with Crippen molar-refractivity contribution < 1.29 is 19.1 Å². The third kappa shape index (κ3) is 3.00. The Morgan fingerprint density at radius 1 is 0.914 bits per heavy atom. The summed E-state index contributed by atoms with van der Waals surface area (Å²) in [5.41, 5.74) is 0.119. The van der Waals surface area contributed by atoms with E-state index in [2.05, 4.69) is 48.5 Å². The molecule has 0 saturated heterocycles. The van der Waals surface area contributed by atoms with Crippen molar-refractivity contribution in [3.8, 4) is 0 Å². The molecule has 4 heteroatoms. The molecule has 0 aromatic carbocycles. The van der Waals surface area contributed by atoms with Crippen molar-refractivity contribution in [3.05, 3.63) is 11.6 Å². The first kappa shape index (κ1) is 25.2. The Morgan fingerprint density at radius 3 is 2.23 bits per heavy atom. The minimum absolute atomic E-state index is 0.0227. The molecule has 0 aromatic heterocycles. The Kier molecular flexibility index (Phi) is 5.27. The Morgan fingerprint density at radius 2 is 1.57 bits per heavy atom. The number of fused-ring (bicyclic) bond motifs is 7. The van der Waals surface area contributed by atoms with Crippen molar-refractivity contribution in [2.75, 3.05) is 7.11 Å². The predicted molar refractivity (Wildman–Crippen MR) is 136 cm³/mol. The van der Waals surface area contributed by atoms with Gasteiger partial charge < -0.3 is 4.74 Å². The van der Waals surface area contributed by atoms with Crippen LogP contribution in [0.2, 0.25) is 0 Å². The summed E-state index contributed by atoms with van der Waals surface area (Å²) < 4.78 is 5.42. The first-order chi connectivity index (χ1) is 16.1. The number of methoxy groups -OCH3 is 1. The van der Waals surface area contributed by atoms with E-state index >= 15 is 0 Å². The highest BCUT2D eigenvalue weighted by Crippen LogP contribution is 2.74. The number of Topliss-reactive ketones (excluding diaryl/α,β-unsaturated/α-hetero) is 1. The first-order valence-corrected chi connectivity index (χ1v) is 14.0. The van der Waals surface area contributed by atoms with Gasteiger partial charge in [0.1, 0.15) is 5.78 Å². The fourth-order valence-corrected chi connectivity index (χ4v) is 10.4. The Hall–Kier alpha value is -1.45. The van der Waals surface area contributed by atoms with Gasteiger partial charge in [0.15, 0.2) is 5.78 Å². The van der Waals surface area contributed by atoms with Crippen molar-refractivity contribution in [3.63, 3.8) is 0 Å². The van der Waals surface area contributed by atoms with Crippen molar-refractivity contribution in [1.29, 1.82) is 0 Å². The minimum Gasteiger partial charge on any atom is -0.469 e. The zero-order chi connectivity index (χ0) is 25.8. The average Bonchev–Trinajstić information content (AvgIpc) is 2.77. The molecule has 5 aliphatic carbocycles. The summed E-state index contributed by atoms with van der Waals surface area (Å²) in [6.45, 7) is 16.0. The second-order valence-corrected chi connectivity index (χ2v) is 15.0. The molecule has 4 saturated carbocycles. The van der Waals surface area contributed by atoms with E-state index in [4.69, 9.17) is 4.74 Å². The summed E-state index contributed by atoms with van der Waals surface area (Å²) in [7, 11) is 1.51. The molecule has 5 aliphatic rings. The predicted octanol–water partition coefficient (Wildman–Crippen LogP) is 6.71. The van der Waals surface area contributed by atoms with Gasteiger partial charge in [-0.3, -0.25) is 14.4 Å². The van der Waals surface area contributed by atoms with E-state index in [1.54, 1.807) is 0 Å². The number of esters is 1. The SMILES string of the molecule is COC(=O)[C@]12CCC(C)(C)CC1C1C(=O)C=C3[C@@]4(C)CCC(=O)C(C)(C)C4CC[C@@]3(C)[C@]1(C)CC2. The number of rotatable bonds is 1. The van der Waals surface area contributed by atoms with Crippen molar-refractivity contribution in [1.82, 2.24) is 0 Å². The topological polar surface area (TPSA) is 60.4 Å². The molecule has 5 rings (SSSR count). The summed E-state index contributed by atoms with van der Waals surface area (Å²) in [4.78, 5) is 40.6. The summed E-state index contributed by atoms with van der Waals surface area (Å²) in [6, 6.07) is 0. The van der Waals surface area contributed by atoms with Crippen LogP contribution in [0, 0.1) is 50.2 Å². The van der Waals surface area contributed by atoms with Gasteiger partial charge in [0.25, 0.3) is 0 Å². The Bertz CT molecular complexity index is 1020. The molecule has 0 bridgehead atoms. The molecule has 0 spiro atoms. The molecule has 4 nitrogen and oxygen atoms in total. The summed E-state index contributed by atoms with van der Waals surface area (Å²) in [6.07, 6.45) is 9.92. The van der Waals surface area contributed by atoms with Crippen LogP contribution in [0.15, 0.2) is 11.6 Å². The fraction of sp³-hybridized carbons (Fsp3) is 0.839. The molecule has 4 fully saturated rings. The average molecular weight is 483 g/mol. The second kappa shape index (κ2) is 7.32. The van der Waals surface area contributed by atoms with Crippen LogP contribution < -0.4 is 0 Å². The molecule has 0 amide bonds. The van der Waals surface area contributed by atoms with Crippen LogP contribution in [0.5, 0.6) is 0 Å². The summed E-state index contributed by atoms with van der Waals surface area (Å²) in [5.74, 6) is 0.648. The van der Waals surface area contributed by atoms with Gasteiger partial charge in [-0.15, -0.1) is 0 Å². The van der Waals surface area contributed by atoms with Crippen LogP contribution in [-0.2, 0) is 19.1 Å². The van der Waals surface area contributed by atoms with E-state index in [0.29, 0.717) is 12.2 Å². The number of hydrogen-bond donors (Lipinski definition) is 0. The van der Waals surface area contributed by atoms with Gasteiger partial charge in [-0.1, -0.05) is 54.0 Å². The van der Waals surface area contributed by atoms with E-state index in [1.807, 2.05) is 6.08 Å². The maximum absolute atomic E-state index is 14.3. The summed E-state index contributed by atoms with van der Waals surface area (Å²) >= 11 is 0. The van der Waals surface area contributed by atoms with Crippen LogP contribution in [0.3, 0.4) is 0 Å². The minimum atomic E-state index is -0.536. The first-order valence-electron chi connectivity index (χ1n) is 14.0. The molecule has 7 atom stereocenters. The lowest BCUT2D eigenvalue weighted by Crippen LogP contribution is -2.66. The van der Waals surface area contributed by atoms with Gasteiger partial charge >= 0.3 is 5.97 Å². The molecule has 194 valence electrons. The van der Waals surface area contributed by atoms with E-state index in [0.717, 1.165) is 51.4 Å². The van der Waals surface area contributed by atoms with Gasteiger partial charge in [0.05, 0.1) is 12.5 Å². The molecular formula is C31H46O4. The lowest BCUT2D eigenvalue weighted by atomic mass is 9.34. The molecular weight excluding hydrogens is 436 g/mol. The second-order valence-electron chi connectivity index (χ2n) is 15.0. The van der Waals surface area contributed by atoms with Crippen molar-refractivity contribution in [2.24, 2.45) is 50.2 Å². The maximum atomic E-state index is 14.3. The third-order valence-corrected chi connectivity index (χ3v) is 12.7. The van der Waals surface area contributed by atoms with Gasteiger partial charge in [-0.25, -0.2) is 0 Å². The van der Waals surface area contributed by atoms with Gasteiger partial charge in [0, 0.05) is 17.8 Å². The van der Waals surface area contributed by atoms with Crippen LogP contribution in [-0.4, -0.2) is 24.6 Å². The number of ether oxygens (including phenoxy) is 1. The molecule has 0 heterocycles. The Balaban J connectivity index is 1.65. The number of carbonyl (C=O) groups is 3. The maximum Gasteiger partial charge on any atom is 0.312 e. The van der Waals surface area contributed by atoms with E-state index < -0.39 is 5.41 Å². The van der Waals surface area contributed by atoms with Crippen LogP contribution >= 0.6 is 0 Å². The van der Waals surface area contributed by atoms with Gasteiger partial charge in [0.2, 0.25) is 0 Å². The fourth-order valence-electron chi connectivity index (χ4n) is 10.4. The highest BCUT2D eigenvalue weighted by Gasteiger charge is 2.71. The number of carbonyl (C=O) groups excluding carboxylic acids is 3. The standard InChI is InChI=1S/C31H46O4/c1-26(2)13-15-31(25(34)35-8)16-14-30(7)24(19(31)18-26)20(32)17-22-28(5)11-10-23(33)27(3,4)21(28)9-12-29(22,30)6/h17,19,21,24H,9-16,18H2,1-8H3/t19?,21?,24?,28-,29+,30+,31-/m0/s1. The summed E-state index contributed by atoms with van der Waals surface area (Å²) in [5, 5.41) is 0. The molecule has 0 radical (unpaired) electrons. The lowest BCUT2D eigenvalue weighted by molar-refractivity contribution is -0.192. The zero-order valence-corrected chi connectivity index (χ0v) is 23.3.